The first kappa shape index (κ1) is 19.8. The summed E-state index contributed by atoms with van der Waals surface area (Å²) >= 11 is 0. The van der Waals surface area contributed by atoms with Gasteiger partial charge in [0.25, 0.3) is 0 Å². The molecular weight excluding hydrogens is 364 g/mol. The highest BCUT2D eigenvalue weighted by molar-refractivity contribution is 5.38. The monoisotopic (exact) mass is 394 g/mol. The predicted octanol–water partition coefficient (Wildman–Crippen LogP) is 3.91. The lowest BCUT2D eigenvalue weighted by Gasteiger charge is -2.20. The Morgan fingerprint density at radius 1 is 1.17 bits per heavy atom. The molecule has 1 fully saturated rings. The molecule has 1 atom stereocenters. The highest BCUT2D eigenvalue weighted by Crippen LogP contribution is 2.30. The van der Waals surface area contributed by atoms with Crippen LogP contribution in [0.2, 0.25) is 0 Å². The maximum Gasteiger partial charge on any atom is 0.151 e. The molecule has 7 heteroatoms. The fourth-order valence-electron chi connectivity index (χ4n) is 4.19. The van der Waals surface area contributed by atoms with Gasteiger partial charge in [0.1, 0.15) is 11.6 Å². The summed E-state index contributed by atoms with van der Waals surface area (Å²) in [5.41, 5.74) is 4.44. The molecule has 29 heavy (non-hydrogen) atoms. The molecule has 4 heterocycles. The van der Waals surface area contributed by atoms with Gasteiger partial charge >= 0.3 is 0 Å². The molecule has 0 amide bonds. The second-order valence-electron chi connectivity index (χ2n) is 8.02. The third kappa shape index (κ3) is 4.10. The first-order valence-electron chi connectivity index (χ1n) is 10.6. The molecule has 0 aliphatic carbocycles. The molecule has 1 aliphatic heterocycles. The van der Waals surface area contributed by atoms with E-state index in [9.17, 15) is 0 Å². The Balaban J connectivity index is 1.55. The number of hydrogen-bond donors (Lipinski definition) is 0. The van der Waals surface area contributed by atoms with Gasteiger partial charge in [-0.25, -0.2) is 9.67 Å². The second kappa shape index (κ2) is 8.45. The van der Waals surface area contributed by atoms with Crippen LogP contribution < -0.4 is 0 Å². The molecule has 1 saturated heterocycles. The van der Waals surface area contributed by atoms with Gasteiger partial charge in [0.2, 0.25) is 0 Å². The molecule has 0 spiro atoms. The lowest BCUT2D eigenvalue weighted by Crippen LogP contribution is -2.25. The van der Waals surface area contributed by atoms with Gasteiger partial charge in [-0.3, -0.25) is 9.88 Å². The zero-order chi connectivity index (χ0) is 20.4. The minimum absolute atomic E-state index is 0.407. The van der Waals surface area contributed by atoms with Crippen molar-refractivity contribution in [1.29, 1.82) is 0 Å². The van der Waals surface area contributed by atoms with Gasteiger partial charge < -0.3 is 4.52 Å². The van der Waals surface area contributed by atoms with Gasteiger partial charge in [-0.05, 0) is 64.8 Å². The quantitative estimate of drug-likeness (QED) is 0.653. The molecular formula is C22H30N6O. The van der Waals surface area contributed by atoms with Crippen molar-refractivity contribution in [2.75, 3.05) is 13.1 Å². The van der Waals surface area contributed by atoms with E-state index in [2.05, 4.69) is 33.6 Å². The van der Waals surface area contributed by atoms with E-state index < -0.39 is 0 Å². The van der Waals surface area contributed by atoms with Crippen LogP contribution in [0, 0.1) is 20.8 Å². The van der Waals surface area contributed by atoms with Crippen LogP contribution in [0.4, 0.5) is 0 Å². The number of likely N-dealkylation sites (tertiary alicyclic amines) is 1. The summed E-state index contributed by atoms with van der Waals surface area (Å²) < 4.78 is 7.41. The Bertz CT molecular complexity index is 956. The summed E-state index contributed by atoms with van der Waals surface area (Å²) in [6.07, 6.45) is 7.93. The zero-order valence-electron chi connectivity index (χ0n) is 17.9. The highest BCUT2D eigenvalue weighted by Gasteiger charge is 2.25. The smallest absolute Gasteiger partial charge is 0.151 e. The van der Waals surface area contributed by atoms with Crippen molar-refractivity contribution in [3.8, 4) is 5.69 Å². The molecule has 7 nitrogen and oxygen atoms in total. The van der Waals surface area contributed by atoms with Gasteiger partial charge in [0.15, 0.2) is 5.82 Å². The molecule has 0 bridgehead atoms. The van der Waals surface area contributed by atoms with Crippen LogP contribution in [-0.4, -0.2) is 42.9 Å². The van der Waals surface area contributed by atoms with Gasteiger partial charge in [-0.1, -0.05) is 12.1 Å². The summed E-state index contributed by atoms with van der Waals surface area (Å²) in [7, 11) is 0. The molecule has 0 aromatic carbocycles. The maximum absolute atomic E-state index is 5.35. The van der Waals surface area contributed by atoms with E-state index in [1.54, 1.807) is 0 Å². The lowest BCUT2D eigenvalue weighted by molar-refractivity contribution is 0.272. The van der Waals surface area contributed by atoms with E-state index in [0.29, 0.717) is 5.92 Å². The molecule has 3 aromatic heterocycles. The van der Waals surface area contributed by atoms with Crippen molar-refractivity contribution in [2.24, 2.45) is 0 Å². The van der Waals surface area contributed by atoms with Crippen molar-refractivity contribution in [1.82, 2.24) is 29.8 Å². The largest absolute Gasteiger partial charge is 0.361 e. The maximum atomic E-state index is 5.35. The van der Waals surface area contributed by atoms with E-state index >= 15 is 0 Å². The molecule has 1 unspecified atom stereocenters. The van der Waals surface area contributed by atoms with Crippen LogP contribution in [0.1, 0.15) is 66.3 Å². The van der Waals surface area contributed by atoms with Crippen LogP contribution in [0.25, 0.3) is 5.69 Å². The van der Waals surface area contributed by atoms with Crippen molar-refractivity contribution in [2.45, 2.75) is 65.8 Å². The lowest BCUT2D eigenvalue weighted by atomic mass is 9.99. The van der Waals surface area contributed by atoms with Crippen LogP contribution >= 0.6 is 0 Å². The summed E-state index contributed by atoms with van der Waals surface area (Å²) in [6, 6.07) is 2.04. The summed E-state index contributed by atoms with van der Waals surface area (Å²) in [4.78, 5) is 11.7. The van der Waals surface area contributed by atoms with Crippen molar-refractivity contribution in [3.63, 3.8) is 0 Å². The molecule has 4 rings (SSSR count). The molecule has 154 valence electrons. The van der Waals surface area contributed by atoms with Gasteiger partial charge in [0, 0.05) is 36.8 Å². The third-order valence-corrected chi connectivity index (χ3v) is 5.96. The molecule has 3 aromatic rings. The molecule has 0 N–H and O–H groups in total. The fourth-order valence-corrected chi connectivity index (χ4v) is 4.19. The minimum atomic E-state index is 0.407. The topological polar surface area (TPSA) is 72.9 Å². The van der Waals surface area contributed by atoms with Gasteiger partial charge in [0.05, 0.1) is 11.4 Å². The predicted molar refractivity (Wildman–Crippen MR) is 111 cm³/mol. The van der Waals surface area contributed by atoms with E-state index in [-0.39, 0.29) is 0 Å². The Hall–Kier alpha value is -2.54. The average molecular weight is 395 g/mol. The van der Waals surface area contributed by atoms with Crippen molar-refractivity contribution < 1.29 is 4.52 Å². The number of aromatic nitrogens is 5. The third-order valence-electron chi connectivity index (χ3n) is 5.96. The summed E-state index contributed by atoms with van der Waals surface area (Å²) in [5, 5.41) is 8.92. The number of nitrogens with zero attached hydrogens (tertiary/aromatic N) is 6. The first-order chi connectivity index (χ1) is 14.1. The Morgan fingerprint density at radius 3 is 2.76 bits per heavy atom. The molecule has 0 radical (unpaired) electrons. The van der Waals surface area contributed by atoms with Gasteiger partial charge in [-0.15, -0.1) is 0 Å². The van der Waals surface area contributed by atoms with Crippen LogP contribution in [0.5, 0.6) is 0 Å². The number of pyridine rings is 1. The second-order valence-corrected chi connectivity index (χ2v) is 8.02. The minimum Gasteiger partial charge on any atom is -0.361 e. The Kier molecular flexibility index (Phi) is 5.76. The standard InChI is InChI=1S/C22H30N6O/c1-5-21-24-22(28(25-21)20-8-10-23-13-15(20)2)18-7-6-11-27(12-9-18)14-19-16(3)26-29-17(19)4/h8,10,13,18H,5-7,9,11-12,14H2,1-4H3. The van der Waals surface area contributed by atoms with E-state index in [1.165, 1.54) is 5.56 Å². The summed E-state index contributed by atoms with van der Waals surface area (Å²) in [5.74, 6) is 3.34. The first-order valence-corrected chi connectivity index (χ1v) is 10.6. The van der Waals surface area contributed by atoms with E-state index in [0.717, 1.165) is 79.7 Å². The SMILES string of the molecule is CCc1nc(C2CCCN(Cc3c(C)noc3C)CC2)n(-c2ccncc2C)n1. The molecule has 0 saturated carbocycles. The van der Waals surface area contributed by atoms with Crippen LogP contribution in [0.15, 0.2) is 23.0 Å². The number of rotatable bonds is 5. The number of aryl methyl sites for hydroxylation is 4. The Morgan fingerprint density at radius 2 is 2.03 bits per heavy atom. The summed E-state index contributed by atoms with van der Waals surface area (Å²) in [6.45, 7) is 11.3. The fraction of sp³-hybridized carbons (Fsp3) is 0.545. The van der Waals surface area contributed by atoms with E-state index in [4.69, 9.17) is 14.6 Å². The zero-order valence-corrected chi connectivity index (χ0v) is 17.9. The number of hydrogen-bond acceptors (Lipinski definition) is 6. The van der Waals surface area contributed by atoms with Crippen LogP contribution in [0.3, 0.4) is 0 Å². The van der Waals surface area contributed by atoms with Crippen molar-refractivity contribution >= 4 is 0 Å². The molecule has 1 aliphatic rings. The van der Waals surface area contributed by atoms with Crippen molar-refractivity contribution in [3.05, 3.63) is 52.7 Å². The average Bonchev–Trinajstić information content (AvgIpc) is 3.19. The van der Waals surface area contributed by atoms with Gasteiger partial charge in [-0.2, -0.15) is 5.10 Å². The highest BCUT2D eigenvalue weighted by atomic mass is 16.5. The Labute approximate surface area is 172 Å². The normalized spacial score (nSPS) is 18.1. The van der Waals surface area contributed by atoms with E-state index in [1.807, 2.05) is 32.3 Å². The van der Waals surface area contributed by atoms with Crippen LogP contribution in [-0.2, 0) is 13.0 Å².